The van der Waals surface area contributed by atoms with Crippen LogP contribution >= 0.6 is 0 Å². The maximum atomic E-state index is 9.22. The molecule has 2 heteroatoms. The van der Waals surface area contributed by atoms with Crippen LogP contribution in [0.1, 0.15) is 73.6 Å². The summed E-state index contributed by atoms with van der Waals surface area (Å²) in [7, 11) is 0. The minimum absolute atomic E-state index is 0.228. The van der Waals surface area contributed by atoms with Gasteiger partial charge in [-0.3, -0.25) is 0 Å². The van der Waals surface area contributed by atoms with Crippen LogP contribution in [-0.2, 0) is 0 Å². The van der Waals surface area contributed by atoms with E-state index in [-0.39, 0.29) is 12.0 Å². The van der Waals surface area contributed by atoms with Gasteiger partial charge in [-0.15, -0.1) is 0 Å². The van der Waals surface area contributed by atoms with Crippen molar-refractivity contribution in [1.82, 2.24) is 5.32 Å². The first kappa shape index (κ1) is 18.0. The first-order valence-electron chi connectivity index (χ1n) is 8.49. The van der Waals surface area contributed by atoms with Crippen molar-refractivity contribution in [3.63, 3.8) is 0 Å². The number of rotatable bonds is 5. The molecule has 1 fully saturated rings. The van der Waals surface area contributed by atoms with Crippen LogP contribution in [0.15, 0.2) is 0 Å². The number of hydrogen-bond acceptors (Lipinski definition) is 2. The van der Waals surface area contributed by atoms with Gasteiger partial charge in [0.05, 0.1) is 0 Å². The molecule has 1 rings (SSSR count). The van der Waals surface area contributed by atoms with Gasteiger partial charge in [0.2, 0.25) is 0 Å². The second-order valence-electron chi connectivity index (χ2n) is 8.92. The Labute approximate surface area is 126 Å². The second kappa shape index (κ2) is 7.26. The van der Waals surface area contributed by atoms with Crippen molar-refractivity contribution in [2.24, 2.45) is 22.7 Å². The van der Waals surface area contributed by atoms with Gasteiger partial charge in [0, 0.05) is 12.6 Å². The van der Waals surface area contributed by atoms with Crippen LogP contribution < -0.4 is 5.32 Å². The van der Waals surface area contributed by atoms with E-state index in [4.69, 9.17) is 0 Å². The van der Waals surface area contributed by atoms with Crippen LogP contribution in [0.25, 0.3) is 0 Å². The van der Waals surface area contributed by atoms with E-state index >= 15 is 0 Å². The Hall–Kier alpha value is -0.0800. The van der Waals surface area contributed by atoms with Crippen molar-refractivity contribution in [3.8, 4) is 0 Å². The van der Waals surface area contributed by atoms with Crippen LogP contribution in [0.4, 0.5) is 0 Å². The Kier molecular flexibility index (Phi) is 6.53. The molecule has 1 atom stereocenters. The predicted octanol–water partition coefficient (Wildman–Crippen LogP) is 4.23. The zero-order chi connectivity index (χ0) is 15.4. The molecule has 0 spiro atoms. The summed E-state index contributed by atoms with van der Waals surface area (Å²) < 4.78 is 0. The maximum Gasteiger partial charge on any atom is 0.0446 e. The van der Waals surface area contributed by atoms with Gasteiger partial charge in [-0.2, -0.15) is 0 Å². The molecule has 0 aromatic carbocycles. The lowest BCUT2D eigenvalue weighted by atomic mass is 9.70. The molecule has 1 saturated carbocycles. The van der Waals surface area contributed by atoms with Crippen molar-refractivity contribution in [1.29, 1.82) is 0 Å². The minimum Gasteiger partial charge on any atom is -0.396 e. The number of aliphatic hydroxyl groups excluding tert-OH is 1. The van der Waals surface area contributed by atoms with Crippen LogP contribution in [0, 0.1) is 22.7 Å². The Balaban J connectivity index is 2.36. The van der Waals surface area contributed by atoms with E-state index in [1.165, 1.54) is 25.7 Å². The summed E-state index contributed by atoms with van der Waals surface area (Å²) in [5.74, 6) is 1.73. The summed E-state index contributed by atoms with van der Waals surface area (Å²) in [5.41, 5.74) is 0.703. The average molecular weight is 284 g/mol. The lowest BCUT2D eigenvalue weighted by molar-refractivity contribution is 0.138. The first-order valence-corrected chi connectivity index (χ1v) is 8.49. The molecule has 0 aromatic rings. The smallest absolute Gasteiger partial charge is 0.0446 e. The first-order chi connectivity index (χ1) is 9.14. The van der Waals surface area contributed by atoms with Gasteiger partial charge in [0.25, 0.3) is 0 Å². The summed E-state index contributed by atoms with van der Waals surface area (Å²) in [6, 6.07) is 0.424. The molecule has 0 aliphatic heterocycles. The molecule has 1 aliphatic rings. The summed E-state index contributed by atoms with van der Waals surface area (Å²) >= 11 is 0. The second-order valence-corrected chi connectivity index (χ2v) is 8.92. The van der Waals surface area contributed by atoms with Crippen LogP contribution in [0.3, 0.4) is 0 Å². The zero-order valence-corrected chi connectivity index (χ0v) is 14.6. The molecular formula is C18H37NO. The molecule has 1 aliphatic carbocycles. The summed E-state index contributed by atoms with van der Waals surface area (Å²) in [6.07, 6.45) is 6.36. The molecule has 0 aromatic heterocycles. The maximum absolute atomic E-state index is 9.22. The molecule has 1 unspecified atom stereocenters. The van der Waals surface area contributed by atoms with E-state index in [1.54, 1.807) is 0 Å². The highest BCUT2D eigenvalue weighted by atomic mass is 16.3. The van der Waals surface area contributed by atoms with E-state index in [1.807, 2.05) is 0 Å². The Morgan fingerprint density at radius 3 is 1.95 bits per heavy atom. The Bertz CT molecular complexity index is 266. The molecule has 2 nitrogen and oxygen atoms in total. The third kappa shape index (κ3) is 5.73. The van der Waals surface area contributed by atoms with Gasteiger partial charge in [-0.25, -0.2) is 0 Å². The van der Waals surface area contributed by atoms with E-state index < -0.39 is 0 Å². The third-order valence-electron chi connectivity index (χ3n) is 5.19. The van der Waals surface area contributed by atoms with Crippen molar-refractivity contribution in [2.75, 3.05) is 13.2 Å². The van der Waals surface area contributed by atoms with Crippen molar-refractivity contribution in [3.05, 3.63) is 0 Å². The highest BCUT2D eigenvalue weighted by Gasteiger charge is 2.30. The fraction of sp³-hybridized carbons (Fsp3) is 1.00. The average Bonchev–Trinajstić information content (AvgIpc) is 2.32. The number of nitrogens with one attached hydrogen (secondary N) is 1. The lowest BCUT2D eigenvalue weighted by Crippen LogP contribution is -2.43. The molecule has 0 saturated heterocycles. The fourth-order valence-corrected chi connectivity index (χ4v) is 3.51. The van der Waals surface area contributed by atoms with Gasteiger partial charge in [0.1, 0.15) is 0 Å². The molecule has 120 valence electrons. The number of hydrogen-bond donors (Lipinski definition) is 2. The summed E-state index contributed by atoms with van der Waals surface area (Å²) in [5, 5.41) is 12.9. The zero-order valence-electron chi connectivity index (χ0n) is 14.6. The molecular weight excluding hydrogens is 246 g/mol. The molecule has 0 bridgehead atoms. The highest BCUT2D eigenvalue weighted by molar-refractivity contribution is 4.84. The van der Waals surface area contributed by atoms with Crippen LogP contribution in [0.5, 0.6) is 0 Å². The van der Waals surface area contributed by atoms with E-state index in [0.717, 1.165) is 24.8 Å². The predicted molar refractivity (Wildman–Crippen MR) is 87.9 cm³/mol. The quantitative estimate of drug-likeness (QED) is 0.791. The fourth-order valence-electron chi connectivity index (χ4n) is 3.51. The molecule has 0 radical (unpaired) electrons. The largest absolute Gasteiger partial charge is 0.396 e. The SMILES string of the molecule is CC(C)(C)C1CCC(CNC(CCO)C(C)(C)C)CC1. The van der Waals surface area contributed by atoms with Crippen LogP contribution in [0.2, 0.25) is 0 Å². The van der Waals surface area contributed by atoms with Gasteiger partial charge in [-0.05, 0) is 61.3 Å². The Morgan fingerprint density at radius 1 is 1.00 bits per heavy atom. The normalized spacial score (nSPS) is 26.6. The molecule has 20 heavy (non-hydrogen) atoms. The van der Waals surface area contributed by atoms with Crippen LogP contribution in [-0.4, -0.2) is 24.3 Å². The summed E-state index contributed by atoms with van der Waals surface area (Å²) in [6.45, 7) is 15.3. The topological polar surface area (TPSA) is 32.3 Å². The van der Waals surface area contributed by atoms with E-state index in [2.05, 4.69) is 46.9 Å². The number of aliphatic hydroxyl groups is 1. The molecule has 0 heterocycles. The van der Waals surface area contributed by atoms with Gasteiger partial charge in [0.15, 0.2) is 0 Å². The van der Waals surface area contributed by atoms with Gasteiger partial charge in [-0.1, -0.05) is 41.5 Å². The van der Waals surface area contributed by atoms with Crippen molar-refractivity contribution in [2.45, 2.75) is 79.7 Å². The van der Waals surface area contributed by atoms with E-state index in [9.17, 15) is 5.11 Å². The minimum atomic E-state index is 0.228. The third-order valence-corrected chi connectivity index (χ3v) is 5.19. The van der Waals surface area contributed by atoms with E-state index in [0.29, 0.717) is 11.5 Å². The highest BCUT2D eigenvalue weighted by Crippen LogP contribution is 2.39. The lowest BCUT2D eigenvalue weighted by Gasteiger charge is -2.38. The molecule has 0 amide bonds. The van der Waals surface area contributed by atoms with Crippen molar-refractivity contribution < 1.29 is 5.11 Å². The van der Waals surface area contributed by atoms with Gasteiger partial charge < -0.3 is 10.4 Å². The Morgan fingerprint density at radius 2 is 1.55 bits per heavy atom. The van der Waals surface area contributed by atoms with Gasteiger partial charge >= 0.3 is 0 Å². The standard InChI is InChI=1S/C18H37NO/c1-17(2,3)15-9-7-14(8-10-15)13-19-16(11-12-20)18(4,5)6/h14-16,19-20H,7-13H2,1-6H3. The molecule has 2 N–H and O–H groups in total. The van der Waals surface area contributed by atoms with Crippen molar-refractivity contribution >= 4 is 0 Å². The monoisotopic (exact) mass is 283 g/mol. The summed E-state index contributed by atoms with van der Waals surface area (Å²) in [4.78, 5) is 0.